The van der Waals surface area contributed by atoms with E-state index in [1.54, 1.807) is 0 Å². The molecule has 0 aliphatic carbocycles. The molecule has 1 unspecified atom stereocenters. The zero-order valence-corrected chi connectivity index (χ0v) is 9.35. The van der Waals surface area contributed by atoms with Crippen molar-refractivity contribution in [2.45, 2.75) is 24.0 Å². The van der Waals surface area contributed by atoms with Crippen LogP contribution in [0.3, 0.4) is 0 Å². The van der Waals surface area contributed by atoms with Crippen molar-refractivity contribution >= 4 is 17.7 Å². The van der Waals surface area contributed by atoms with Gasteiger partial charge in [-0.15, -0.1) is 0 Å². The van der Waals surface area contributed by atoms with Gasteiger partial charge >= 0.3 is 5.97 Å². The van der Waals surface area contributed by atoms with E-state index < -0.39 is 5.97 Å². The van der Waals surface area contributed by atoms with E-state index >= 15 is 0 Å². The molecule has 0 saturated carbocycles. The number of aliphatic carboxylic acids is 1. The first-order valence-electron chi connectivity index (χ1n) is 5.14. The number of carbonyl (C=O) groups is 1. The Kier molecular flexibility index (Phi) is 2.75. The van der Waals surface area contributed by atoms with Gasteiger partial charge in [-0.1, -0.05) is 0 Å². The third-order valence-corrected chi connectivity index (χ3v) is 4.65. The van der Waals surface area contributed by atoms with Crippen molar-refractivity contribution in [2.24, 2.45) is 5.92 Å². The summed E-state index contributed by atoms with van der Waals surface area (Å²) in [4.78, 5) is 12.9. The van der Waals surface area contributed by atoms with Crippen LogP contribution in [-0.2, 0) is 4.79 Å². The molecule has 2 saturated heterocycles. The number of hydrogen-bond acceptors (Lipinski definition) is 3. The highest BCUT2D eigenvalue weighted by Crippen LogP contribution is 2.45. The van der Waals surface area contributed by atoms with E-state index in [9.17, 15) is 4.79 Å². The van der Waals surface area contributed by atoms with E-state index in [1.165, 1.54) is 0 Å². The molecule has 0 amide bonds. The molecule has 0 aromatic carbocycles. The van der Waals surface area contributed by atoms with E-state index in [4.69, 9.17) is 5.11 Å². The molecule has 2 heterocycles. The second-order valence-corrected chi connectivity index (χ2v) is 6.22. The summed E-state index contributed by atoms with van der Waals surface area (Å²) in [5.74, 6) is 0.929. The molecular weight excluding hydrogens is 198 g/mol. The van der Waals surface area contributed by atoms with Gasteiger partial charge < -0.3 is 10.0 Å². The summed E-state index contributed by atoms with van der Waals surface area (Å²) in [7, 11) is 2.13. The van der Waals surface area contributed by atoms with Gasteiger partial charge in [-0.2, -0.15) is 11.8 Å². The molecule has 3 nitrogen and oxygen atoms in total. The summed E-state index contributed by atoms with van der Waals surface area (Å²) in [6.45, 7) is 2.29. The number of carboxylic acid groups (broad SMARTS) is 1. The number of hydrogen-bond donors (Lipinski definition) is 1. The molecule has 2 aliphatic rings. The minimum absolute atomic E-state index is 0.367. The van der Waals surface area contributed by atoms with Gasteiger partial charge in [0, 0.05) is 24.3 Å². The Morgan fingerprint density at radius 1 is 1.64 bits per heavy atom. The number of likely N-dealkylation sites (tertiary alicyclic amines) is 1. The van der Waals surface area contributed by atoms with Crippen molar-refractivity contribution in [2.75, 3.05) is 25.9 Å². The van der Waals surface area contributed by atoms with Gasteiger partial charge in [0.25, 0.3) is 0 Å². The molecule has 0 bridgehead atoms. The first-order valence-corrected chi connectivity index (χ1v) is 6.12. The van der Waals surface area contributed by atoms with Gasteiger partial charge in [0.1, 0.15) is 0 Å². The molecule has 4 heteroatoms. The lowest BCUT2D eigenvalue weighted by atomic mass is 9.84. The summed E-state index contributed by atoms with van der Waals surface area (Å²) in [5, 5.41) is 8.76. The van der Waals surface area contributed by atoms with E-state index in [1.807, 2.05) is 0 Å². The summed E-state index contributed by atoms with van der Waals surface area (Å²) in [6.07, 6.45) is 2.56. The summed E-state index contributed by atoms with van der Waals surface area (Å²) in [6, 6.07) is 0. The van der Waals surface area contributed by atoms with Gasteiger partial charge in [0.15, 0.2) is 0 Å². The van der Waals surface area contributed by atoms with Crippen LogP contribution >= 0.6 is 11.8 Å². The molecule has 80 valence electrons. The van der Waals surface area contributed by atoms with Crippen molar-refractivity contribution in [1.29, 1.82) is 0 Å². The molecule has 2 fully saturated rings. The highest BCUT2D eigenvalue weighted by atomic mass is 32.2. The van der Waals surface area contributed by atoms with Crippen LogP contribution in [0.25, 0.3) is 0 Å². The van der Waals surface area contributed by atoms with Crippen LogP contribution in [-0.4, -0.2) is 46.6 Å². The predicted molar refractivity (Wildman–Crippen MR) is 57.7 cm³/mol. The minimum Gasteiger partial charge on any atom is -0.481 e. The molecular formula is C10H17NO2S. The molecule has 0 radical (unpaired) electrons. The molecule has 1 atom stereocenters. The van der Waals surface area contributed by atoms with Crippen LogP contribution in [0.5, 0.6) is 0 Å². The van der Waals surface area contributed by atoms with Crippen LogP contribution in [0.1, 0.15) is 19.3 Å². The van der Waals surface area contributed by atoms with Gasteiger partial charge in [0.2, 0.25) is 0 Å². The lowest BCUT2D eigenvalue weighted by molar-refractivity contribution is -0.138. The van der Waals surface area contributed by atoms with E-state index in [-0.39, 0.29) is 0 Å². The fraction of sp³-hybridized carbons (Fsp3) is 0.900. The Hall–Kier alpha value is -0.220. The van der Waals surface area contributed by atoms with Crippen molar-refractivity contribution in [1.82, 2.24) is 4.90 Å². The second kappa shape index (κ2) is 3.74. The Bertz CT molecular complexity index is 233. The van der Waals surface area contributed by atoms with E-state index in [2.05, 4.69) is 23.7 Å². The number of carboxylic acids is 1. The largest absolute Gasteiger partial charge is 0.481 e. The van der Waals surface area contributed by atoms with Crippen LogP contribution in [0.4, 0.5) is 0 Å². The highest BCUT2D eigenvalue weighted by Gasteiger charge is 2.45. The first kappa shape index (κ1) is 10.3. The van der Waals surface area contributed by atoms with Crippen LogP contribution in [0.2, 0.25) is 0 Å². The van der Waals surface area contributed by atoms with Crippen molar-refractivity contribution in [3.05, 3.63) is 0 Å². The van der Waals surface area contributed by atoms with Gasteiger partial charge in [-0.3, -0.25) is 4.79 Å². The Labute approximate surface area is 88.9 Å². The smallest absolute Gasteiger partial charge is 0.303 e. The van der Waals surface area contributed by atoms with Gasteiger partial charge in [-0.05, 0) is 31.6 Å². The van der Waals surface area contributed by atoms with Crippen molar-refractivity contribution in [3.8, 4) is 0 Å². The average molecular weight is 215 g/mol. The normalized spacial score (nSPS) is 31.4. The third kappa shape index (κ3) is 2.06. The molecule has 1 N–H and O–H groups in total. The zero-order valence-electron chi connectivity index (χ0n) is 8.53. The lowest BCUT2D eigenvalue weighted by Crippen LogP contribution is -2.59. The van der Waals surface area contributed by atoms with Crippen LogP contribution in [0, 0.1) is 5.92 Å². The molecule has 2 rings (SSSR count). The number of rotatable bonds is 2. The quantitative estimate of drug-likeness (QED) is 0.753. The third-order valence-electron chi connectivity index (χ3n) is 3.17. The number of nitrogens with zero attached hydrogens (tertiary/aromatic N) is 1. The van der Waals surface area contributed by atoms with Crippen LogP contribution < -0.4 is 0 Å². The van der Waals surface area contributed by atoms with Crippen molar-refractivity contribution in [3.63, 3.8) is 0 Å². The van der Waals surface area contributed by atoms with E-state index in [0.29, 0.717) is 17.1 Å². The first-order chi connectivity index (χ1) is 6.60. The summed E-state index contributed by atoms with van der Waals surface area (Å²) < 4.78 is 0.410. The Balaban J connectivity index is 1.88. The molecule has 0 aromatic heterocycles. The molecule has 14 heavy (non-hydrogen) atoms. The average Bonchev–Trinajstić information content (AvgIpc) is 2.00. The minimum atomic E-state index is -0.635. The summed E-state index contributed by atoms with van der Waals surface area (Å²) >= 11 is 2.05. The molecule has 1 spiro atoms. The van der Waals surface area contributed by atoms with Gasteiger partial charge in [-0.25, -0.2) is 0 Å². The summed E-state index contributed by atoms with van der Waals surface area (Å²) in [5.41, 5.74) is 0. The number of thioether (sulfide) groups is 1. The highest BCUT2D eigenvalue weighted by molar-refractivity contribution is 8.00. The van der Waals surface area contributed by atoms with Crippen LogP contribution in [0.15, 0.2) is 0 Å². The second-order valence-electron chi connectivity index (χ2n) is 4.66. The Morgan fingerprint density at radius 3 is 2.93 bits per heavy atom. The maximum Gasteiger partial charge on any atom is 0.303 e. The standard InChI is InChI=1S/C10H17NO2S/c1-11-6-10(7-11)5-8(2-3-14-10)4-9(12)13/h8H,2-7H2,1H3,(H,12,13). The zero-order chi connectivity index (χ0) is 10.2. The van der Waals surface area contributed by atoms with E-state index in [0.717, 1.165) is 31.7 Å². The monoisotopic (exact) mass is 215 g/mol. The van der Waals surface area contributed by atoms with Crippen molar-refractivity contribution < 1.29 is 9.90 Å². The fourth-order valence-corrected chi connectivity index (χ4v) is 4.57. The fourth-order valence-electron chi connectivity index (χ4n) is 2.71. The topological polar surface area (TPSA) is 40.5 Å². The predicted octanol–water partition coefficient (Wildman–Crippen LogP) is 1.29. The maximum absolute atomic E-state index is 10.6. The molecule has 0 aromatic rings. The lowest BCUT2D eigenvalue weighted by Gasteiger charge is -2.52. The SMILES string of the molecule is CN1CC2(CC(CC(=O)O)CCS2)C1. The van der Waals surface area contributed by atoms with Gasteiger partial charge in [0.05, 0.1) is 0 Å². The molecule has 2 aliphatic heterocycles. The Morgan fingerprint density at radius 2 is 2.36 bits per heavy atom. The maximum atomic E-state index is 10.6.